The van der Waals surface area contributed by atoms with Gasteiger partial charge in [-0.05, 0) is 376 Å². The average Bonchev–Trinajstić information content (AvgIpc) is 0.801. The van der Waals surface area contributed by atoms with E-state index in [-0.39, 0.29) is 137 Å². The summed E-state index contributed by atoms with van der Waals surface area (Å²) in [5, 5.41) is 0. The fraction of sp³-hybridized carbons (Fsp3) is 0.810. The lowest BCUT2D eigenvalue weighted by molar-refractivity contribution is -0.165. The van der Waals surface area contributed by atoms with Crippen LogP contribution in [0.1, 0.15) is 583 Å². The van der Waals surface area contributed by atoms with Crippen LogP contribution in [0.15, 0.2) is 60.7 Å². The second kappa shape index (κ2) is 59.8. The minimum Gasteiger partial charge on any atom is -0.463 e. The highest BCUT2D eigenvalue weighted by Gasteiger charge is 2.43. The van der Waals surface area contributed by atoms with Crippen LogP contribution >= 0.6 is 0 Å². The zero-order chi connectivity index (χ0) is 109. The molecular formula is C126H228O12. The van der Waals surface area contributed by atoms with E-state index in [1.54, 1.807) is 0 Å². The van der Waals surface area contributed by atoms with Gasteiger partial charge in [-0.25, -0.2) is 0 Å². The van der Waals surface area contributed by atoms with E-state index >= 15 is 0 Å². The van der Waals surface area contributed by atoms with Crippen LogP contribution in [0.2, 0.25) is 0 Å². The third-order valence-electron chi connectivity index (χ3n) is 30.5. The summed E-state index contributed by atoms with van der Waals surface area (Å²) in [6, 6.07) is 23.4. The molecule has 0 radical (unpaired) electrons. The predicted octanol–water partition coefficient (Wildman–Crippen LogP) is 37.6. The monoisotopic (exact) mass is 1930 g/mol. The van der Waals surface area contributed by atoms with Crippen molar-refractivity contribution in [1.29, 1.82) is 0 Å². The number of rotatable bonds is 26. The SMILES string of the molecule is CCC(C)(C)C(=O)OC(C)C.CCC(C)(C)C(=O)OC(C)C.CCC(C)(C)C(=O)OC(C)C(C)(C)C.CCC(C)(C)C(=O)OC1CC(C(C)(C)C)CC(C(C)(C)C)C1.CCC(C)(C)C(=O)OC1CCC(C(C)(C)C)CC1.CCC(C)(C)C(=O)OC1CCCCC1.CCC(C)c1cc(C(C)(C)C)cc(C(C)(C)C)c1.CCC(C)c1cc(C(C)C)cc(C(C)C)c1.CCC(C)c1ccc(C(C)(C)C)cc1. The molecule has 6 atom stereocenters. The molecule has 0 heterocycles. The van der Waals surface area contributed by atoms with Gasteiger partial charge >= 0.3 is 35.8 Å². The molecule has 12 heteroatoms. The summed E-state index contributed by atoms with van der Waals surface area (Å²) >= 11 is 0. The molecule has 0 saturated heterocycles. The van der Waals surface area contributed by atoms with Gasteiger partial charge in [-0.2, -0.15) is 0 Å². The molecule has 6 rings (SSSR count). The molecule has 0 aromatic heterocycles. The number of ether oxygens (including phenoxy) is 6. The van der Waals surface area contributed by atoms with Crippen LogP contribution in [0, 0.1) is 71.9 Å². The highest BCUT2D eigenvalue weighted by atomic mass is 16.6. The first-order valence-corrected chi connectivity index (χ1v) is 55.0. The van der Waals surface area contributed by atoms with E-state index < -0.39 is 0 Å². The number of esters is 6. The second-order valence-corrected chi connectivity index (χ2v) is 53.9. The summed E-state index contributed by atoms with van der Waals surface area (Å²) in [7, 11) is 0. The largest absolute Gasteiger partial charge is 0.463 e. The van der Waals surface area contributed by atoms with Gasteiger partial charge in [-0.3, -0.25) is 28.8 Å². The van der Waals surface area contributed by atoms with Crippen molar-refractivity contribution in [2.45, 2.75) is 591 Å². The average molecular weight is 1940 g/mol. The Bertz CT molecular complexity index is 3800. The summed E-state index contributed by atoms with van der Waals surface area (Å²) in [6.07, 6.45) is 22.5. The van der Waals surface area contributed by atoms with Crippen molar-refractivity contribution in [2.24, 2.45) is 71.9 Å². The number of benzene rings is 3. The molecule has 0 N–H and O–H groups in total. The van der Waals surface area contributed by atoms with Gasteiger partial charge in [0.15, 0.2) is 0 Å². The van der Waals surface area contributed by atoms with Gasteiger partial charge in [0.25, 0.3) is 0 Å². The van der Waals surface area contributed by atoms with E-state index in [9.17, 15) is 28.8 Å². The van der Waals surface area contributed by atoms with Crippen molar-refractivity contribution in [3.8, 4) is 0 Å². The minimum absolute atomic E-state index is 0.00618. The van der Waals surface area contributed by atoms with Crippen LogP contribution in [0.4, 0.5) is 0 Å². The Balaban J connectivity index is -0.00000150. The van der Waals surface area contributed by atoms with Crippen LogP contribution in [0.25, 0.3) is 0 Å². The second-order valence-electron chi connectivity index (χ2n) is 53.9. The molecule has 0 spiro atoms. The van der Waals surface area contributed by atoms with E-state index in [0.29, 0.717) is 46.8 Å². The van der Waals surface area contributed by atoms with Gasteiger partial charge in [-0.15, -0.1) is 0 Å². The Morgan fingerprint density at radius 2 is 0.529 bits per heavy atom. The van der Waals surface area contributed by atoms with Crippen molar-refractivity contribution >= 4 is 35.8 Å². The third kappa shape index (κ3) is 52.3. The molecule has 0 aliphatic heterocycles. The van der Waals surface area contributed by atoms with Gasteiger partial charge in [-0.1, -0.05) is 323 Å². The minimum atomic E-state index is -0.369. The maximum Gasteiger partial charge on any atom is 0.311 e. The Morgan fingerprint density at radius 3 is 0.790 bits per heavy atom. The van der Waals surface area contributed by atoms with Gasteiger partial charge in [0.05, 0.1) is 44.7 Å². The fourth-order valence-corrected chi connectivity index (χ4v) is 14.5. The van der Waals surface area contributed by atoms with E-state index in [1.165, 1.54) is 102 Å². The van der Waals surface area contributed by atoms with Crippen molar-refractivity contribution < 1.29 is 57.2 Å². The molecule has 804 valence electrons. The zero-order valence-electron chi connectivity index (χ0n) is 101. The molecule has 3 aliphatic rings. The van der Waals surface area contributed by atoms with Gasteiger partial charge in [0.2, 0.25) is 0 Å². The van der Waals surface area contributed by atoms with E-state index in [2.05, 4.69) is 282 Å². The molecular weight excluding hydrogens is 1710 g/mol. The van der Waals surface area contributed by atoms with Gasteiger partial charge in [0, 0.05) is 0 Å². The molecule has 3 fully saturated rings. The number of hydrogen-bond acceptors (Lipinski definition) is 12. The maximum atomic E-state index is 12.5. The molecule has 3 saturated carbocycles. The topological polar surface area (TPSA) is 158 Å². The van der Waals surface area contributed by atoms with E-state index in [0.717, 1.165) is 83.0 Å². The Morgan fingerprint density at radius 1 is 0.268 bits per heavy atom. The smallest absolute Gasteiger partial charge is 0.311 e. The van der Waals surface area contributed by atoms with Crippen LogP contribution in [-0.4, -0.2) is 72.4 Å². The maximum absolute atomic E-state index is 12.5. The lowest BCUT2D eigenvalue weighted by atomic mass is 9.62. The van der Waals surface area contributed by atoms with Crippen LogP contribution in [0.5, 0.6) is 0 Å². The van der Waals surface area contributed by atoms with Crippen LogP contribution < -0.4 is 0 Å². The predicted molar refractivity (Wildman–Crippen MR) is 595 cm³/mol. The molecule has 138 heavy (non-hydrogen) atoms. The molecule has 3 aromatic rings. The summed E-state index contributed by atoms with van der Waals surface area (Å²) < 4.78 is 32.7. The van der Waals surface area contributed by atoms with Gasteiger partial charge < -0.3 is 28.4 Å². The standard InChI is InChI=1S/C20H38O2.C18H30.C16H30O2.C16H26.C14H22.C12H22O2.C12H24O2.2C9H18O2/c1-10-20(8,9)17(21)22-16-12-14(18(2,3)4)11-15(13-16)19(5,6)7;1-9-13(2)14-10-15(17(3,4)5)12-16(11-14)18(6,7)8;1-7-16(5,6)14(17)18-13-10-8-12(9-11-13)15(2,3)4;1-7-13(6)16-9-14(11(2)3)8-15(10-16)12(4)5;1-6-11(2)12-7-9-13(10-8-12)14(3,4)5;1-4-12(2,3)11(13)14-10-8-6-5-7-9-10;1-8-12(6,7)10(13)14-9(2)11(3,4)5;2*1-6-9(4,5)8(10)11-7(2)3/h14-16H,10-13H2,1-9H3;10-13H,9H2,1-8H3;12-13H,7-11H2,1-6H3;8-13H,7H2,1-6H3;7-11H,6H2,1-5H3;10H,4-9H2,1-3H3;9H,8H2,1-7H3;2*7H,6H2,1-5H3. The summed E-state index contributed by atoms with van der Waals surface area (Å²) in [5.41, 5.74) is 11.4. The highest BCUT2D eigenvalue weighted by Crippen LogP contribution is 2.48. The first-order valence-electron chi connectivity index (χ1n) is 55.0. The Kier molecular flexibility index (Phi) is 59.2. The first kappa shape index (κ1) is 137. The normalized spacial score (nSPS) is 18.1. The highest BCUT2D eigenvalue weighted by molar-refractivity contribution is 5.78. The van der Waals surface area contributed by atoms with Crippen LogP contribution in [0.3, 0.4) is 0 Å². The van der Waals surface area contributed by atoms with Crippen LogP contribution in [-0.2, 0) is 73.4 Å². The summed E-state index contributed by atoms with van der Waals surface area (Å²) in [6.45, 7) is 115. The summed E-state index contributed by atoms with van der Waals surface area (Å²) in [5.74, 6) is 4.90. The molecule has 3 aromatic carbocycles. The quantitative estimate of drug-likeness (QED) is 0.0554. The molecule has 3 aliphatic carbocycles. The molecule has 12 nitrogen and oxygen atoms in total. The van der Waals surface area contributed by atoms with Crippen molar-refractivity contribution in [1.82, 2.24) is 0 Å². The number of carbonyl (C=O) groups excluding carboxylic acids is 6. The molecule has 6 unspecified atom stereocenters. The van der Waals surface area contributed by atoms with E-state index in [1.807, 2.05) is 152 Å². The molecule has 0 amide bonds. The summed E-state index contributed by atoms with van der Waals surface area (Å²) in [4.78, 5) is 70.5. The van der Waals surface area contributed by atoms with Gasteiger partial charge in [0.1, 0.15) is 24.4 Å². The zero-order valence-corrected chi connectivity index (χ0v) is 101. The lowest BCUT2D eigenvalue weighted by Crippen LogP contribution is -2.41. The van der Waals surface area contributed by atoms with Crippen molar-refractivity contribution in [3.63, 3.8) is 0 Å². The third-order valence-corrected chi connectivity index (χ3v) is 30.5. The van der Waals surface area contributed by atoms with Crippen molar-refractivity contribution in [2.75, 3.05) is 0 Å². The van der Waals surface area contributed by atoms with Crippen molar-refractivity contribution in [3.05, 3.63) is 105 Å². The Labute approximate surface area is 856 Å². The fourth-order valence-electron chi connectivity index (χ4n) is 14.5. The number of carbonyl (C=O) groups is 6. The molecule has 0 bridgehead atoms. The lowest BCUT2D eigenvalue weighted by Gasteiger charge is -2.45. The van der Waals surface area contributed by atoms with E-state index in [4.69, 9.17) is 28.4 Å². The number of hydrogen-bond donors (Lipinski definition) is 0. The first-order chi connectivity index (χ1) is 62.4. The Hall–Kier alpha value is -5.52.